The fourth-order valence-electron chi connectivity index (χ4n) is 4.40. The van der Waals surface area contributed by atoms with E-state index in [-0.39, 0.29) is 11.8 Å². The molecule has 0 spiro atoms. The Kier molecular flexibility index (Phi) is 7.01. The second-order valence-electron chi connectivity index (χ2n) is 8.70. The molecule has 4 heteroatoms. The summed E-state index contributed by atoms with van der Waals surface area (Å²) in [5, 5.41) is 0.752. The molecule has 0 bridgehead atoms. The highest BCUT2D eigenvalue weighted by atomic mass is 32.1. The number of rotatable bonds is 8. The number of aromatic nitrogens is 1. The summed E-state index contributed by atoms with van der Waals surface area (Å²) in [6, 6.07) is 37.1. The molecule has 1 heterocycles. The molecule has 4 aromatic carbocycles. The van der Waals surface area contributed by atoms with Crippen molar-refractivity contribution in [2.45, 2.75) is 32.2 Å². The number of fused-ring (bicyclic) bond motifs is 1. The Balaban J connectivity index is 1.52. The molecule has 0 unspecified atom stereocenters. The van der Waals surface area contributed by atoms with Crippen molar-refractivity contribution in [1.82, 2.24) is 4.98 Å². The van der Waals surface area contributed by atoms with Crippen molar-refractivity contribution >= 4 is 32.6 Å². The van der Waals surface area contributed by atoms with Crippen LogP contribution in [0.1, 0.15) is 41.5 Å². The molecular weight excluding hydrogens is 448 g/mol. The smallest absolute Gasteiger partial charge is 0.230 e. The average Bonchev–Trinajstić information content (AvgIpc) is 3.34. The number of thiazole rings is 1. The van der Waals surface area contributed by atoms with Gasteiger partial charge in [-0.05, 0) is 40.8 Å². The Hall–Kier alpha value is -3.76. The summed E-state index contributed by atoms with van der Waals surface area (Å²) in [5.74, 6) is 0.0468. The zero-order valence-electron chi connectivity index (χ0n) is 19.8. The molecule has 0 saturated heterocycles. The first kappa shape index (κ1) is 23.0. The molecule has 0 atom stereocenters. The van der Waals surface area contributed by atoms with Gasteiger partial charge < -0.3 is 0 Å². The Morgan fingerprint density at radius 2 is 1.40 bits per heavy atom. The van der Waals surface area contributed by atoms with Crippen molar-refractivity contribution in [2.24, 2.45) is 0 Å². The van der Waals surface area contributed by atoms with Crippen LogP contribution in [0.2, 0.25) is 0 Å². The lowest BCUT2D eigenvalue weighted by Gasteiger charge is -2.24. The molecule has 0 aliphatic rings. The van der Waals surface area contributed by atoms with Gasteiger partial charge in [-0.3, -0.25) is 9.69 Å². The molecule has 1 amide bonds. The number of hydrogen-bond acceptors (Lipinski definition) is 3. The normalized spacial score (nSPS) is 11.1. The van der Waals surface area contributed by atoms with Gasteiger partial charge in [0.2, 0.25) is 5.91 Å². The summed E-state index contributed by atoms with van der Waals surface area (Å²) >= 11 is 1.60. The lowest BCUT2D eigenvalue weighted by molar-refractivity contribution is -0.119. The van der Waals surface area contributed by atoms with Crippen LogP contribution in [0.3, 0.4) is 0 Å². The van der Waals surface area contributed by atoms with E-state index >= 15 is 0 Å². The second kappa shape index (κ2) is 10.7. The number of amides is 1. The van der Waals surface area contributed by atoms with E-state index in [4.69, 9.17) is 4.98 Å². The first-order valence-corrected chi connectivity index (χ1v) is 12.9. The van der Waals surface area contributed by atoms with Gasteiger partial charge in [0.15, 0.2) is 5.13 Å². The highest BCUT2D eigenvalue weighted by molar-refractivity contribution is 7.22. The molecule has 0 radical (unpaired) electrons. The highest BCUT2D eigenvalue weighted by Gasteiger charge is 2.25. The third kappa shape index (κ3) is 5.33. The van der Waals surface area contributed by atoms with Gasteiger partial charge in [-0.2, -0.15) is 0 Å². The highest BCUT2D eigenvalue weighted by Crippen LogP contribution is 2.34. The summed E-state index contributed by atoms with van der Waals surface area (Å²) in [6.07, 6.45) is 1.35. The Morgan fingerprint density at radius 3 is 2.00 bits per heavy atom. The third-order valence-corrected chi connectivity index (χ3v) is 7.39. The van der Waals surface area contributed by atoms with Crippen molar-refractivity contribution in [1.29, 1.82) is 0 Å². The van der Waals surface area contributed by atoms with Gasteiger partial charge in [0.05, 0.1) is 16.8 Å². The van der Waals surface area contributed by atoms with E-state index in [1.807, 2.05) is 59.5 Å². The predicted molar refractivity (Wildman–Crippen MR) is 146 cm³/mol. The summed E-state index contributed by atoms with van der Waals surface area (Å²) in [5.41, 5.74) is 5.59. The van der Waals surface area contributed by atoms with Gasteiger partial charge in [0.1, 0.15) is 0 Å². The number of aryl methyl sites for hydroxylation is 1. The van der Waals surface area contributed by atoms with Crippen molar-refractivity contribution in [3.63, 3.8) is 0 Å². The fraction of sp³-hybridized carbons (Fsp3) is 0.161. The monoisotopic (exact) mass is 476 g/mol. The summed E-state index contributed by atoms with van der Waals surface area (Å²) in [6.45, 7) is 2.65. The molecule has 174 valence electrons. The van der Waals surface area contributed by atoms with Crippen LogP contribution in [-0.4, -0.2) is 10.9 Å². The maximum absolute atomic E-state index is 14.0. The predicted octanol–water partition coefficient (Wildman–Crippen LogP) is 7.61. The molecule has 1 aromatic heterocycles. The zero-order chi connectivity index (χ0) is 24.0. The van der Waals surface area contributed by atoms with Crippen LogP contribution in [-0.2, 0) is 17.8 Å². The standard InChI is InChI=1S/C31H28N2OS/c1-2-23-18-19-28-29(20-23)35-31(32-28)33(22-24-12-6-3-7-13-24)30(34)21-27(25-14-8-4-9-15-25)26-16-10-5-11-17-26/h3-20,27H,2,21-22H2,1H3. The van der Waals surface area contributed by atoms with Crippen LogP contribution in [0.5, 0.6) is 0 Å². The molecule has 0 saturated carbocycles. The van der Waals surface area contributed by atoms with Crippen LogP contribution < -0.4 is 4.90 Å². The molecule has 5 aromatic rings. The fourth-order valence-corrected chi connectivity index (χ4v) is 5.45. The topological polar surface area (TPSA) is 33.2 Å². The van der Waals surface area contributed by atoms with Crippen molar-refractivity contribution in [2.75, 3.05) is 4.90 Å². The molecule has 0 fully saturated rings. The lowest BCUT2D eigenvalue weighted by Crippen LogP contribution is -2.31. The van der Waals surface area contributed by atoms with E-state index < -0.39 is 0 Å². The minimum Gasteiger partial charge on any atom is -0.284 e. The molecule has 3 nitrogen and oxygen atoms in total. The summed E-state index contributed by atoms with van der Waals surface area (Å²) < 4.78 is 1.12. The van der Waals surface area contributed by atoms with E-state index in [1.165, 1.54) is 5.56 Å². The number of hydrogen-bond donors (Lipinski definition) is 0. The second-order valence-corrected chi connectivity index (χ2v) is 9.70. The number of nitrogens with zero attached hydrogens (tertiary/aromatic N) is 2. The minimum atomic E-state index is -0.0238. The van der Waals surface area contributed by atoms with E-state index in [9.17, 15) is 4.79 Å². The Labute approximate surface area is 210 Å². The Morgan fingerprint density at radius 1 is 0.800 bits per heavy atom. The zero-order valence-corrected chi connectivity index (χ0v) is 20.6. The molecule has 35 heavy (non-hydrogen) atoms. The van der Waals surface area contributed by atoms with Crippen molar-refractivity contribution in [3.05, 3.63) is 131 Å². The van der Waals surface area contributed by atoms with Gasteiger partial charge in [-0.15, -0.1) is 0 Å². The Bertz CT molecular complexity index is 1360. The number of anilines is 1. The van der Waals surface area contributed by atoms with Gasteiger partial charge in [0, 0.05) is 12.3 Å². The van der Waals surface area contributed by atoms with Crippen molar-refractivity contribution < 1.29 is 4.79 Å². The van der Waals surface area contributed by atoms with E-state index in [0.717, 1.165) is 38.5 Å². The number of carbonyl (C=O) groups excluding carboxylic acids is 1. The van der Waals surface area contributed by atoms with Gasteiger partial charge in [-0.1, -0.05) is 115 Å². The molecule has 0 aliphatic carbocycles. The minimum absolute atomic E-state index is 0.0238. The number of benzene rings is 4. The van der Waals surface area contributed by atoms with Crippen molar-refractivity contribution in [3.8, 4) is 0 Å². The van der Waals surface area contributed by atoms with Gasteiger partial charge in [-0.25, -0.2) is 4.98 Å². The van der Waals surface area contributed by atoms with E-state index in [1.54, 1.807) is 11.3 Å². The van der Waals surface area contributed by atoms with Crippen LogP contribution in [0, 0.1) is 0 Å². The van der Waals surface area contributed by atoms with Crippen LogP contribution >= 0.6 is 11.3 Å². The summed E-state index contributed by atoms with van der Waals surface area (Å²) in [4.78, 5) is 20.7. The molecule has 0 N–H and O–H groups in total. The first-order valence-electron chi connectivity index (χ1n) is 12.0. The molecule has 0 aliphatic heterocycles. The quantitative estimate of drug-likeness (QED) is 0.231. The summed E-state index contributed by atoms with van der Waals surface area (Å²) in [7, 11) is 0. The molecular formula is C31H28N2OS. The largest absolute Gasteiger partial charge is 0.284 e. The third-order valence-electron chi connectivity index (χ3n) is 6.35. The van der Waals surface area contributed by atoms with Gasteiger partial charge in [0.25, 0.3) is 0 Å². The van der Waals surface area contributed by atoms with E-state index in [0.29, 0.717) is 13.0 Å². The van der Waals surface area contributed by atoms with E-state index in [2.05, 4.69) is 61.5 Å². The van der Waals surface area contributed by atoms with Crippen LogP contribution in [0.4, 0.5) is 5.13 Å². The molecule has 5 rings (SSSR count). The van der Waals surface area contributed by atoms with Gasteiger partial charge >= 0.3 is 0 Å². The SMILES string of the molecule is CCc1ccc2nc(N(Cc3ccccc3)C(=O)CC(c3ccccc3)c3ccccc3)sc2c1. The number of carbonyl (C=O) groups is 1. The lowest BCUT2D eigenvalue weighted by atomic mass is 9.88. The first-order chi connectivity index (χ1) is 17.2. The maximum Gasteiger partial charge on any atom is 0.230 e. The average molecular weight is 477 g/mol. The van der Waals surface area contributed by atoms with Crippen LogP contribution in [0.15, 0.2) is 109 Å². The maximum atomic E-state index is 14.0. The van der Waals surface area contributed by atoms with Crippen LogP contribution in [0.25, 0.3) is 10.2 Å².